The molecule has 0 unspecified atom stereocenters. The van der Waals surface area contributed by atoms with E-state index in [1.807, 2.05) is 61.5 Å². The number of carbonyl (C=O) groups excluding carboxylic acids is 1. The van der Waals surface area contributed by atoms with Gasteiger partial charge in [-0.15, -0.1) is 0 Å². The molecule has 2 aromatic heterocycles. The highest BCUT2D eigenvalue weighted by Crippen LogP contribution is 2.23. The Bertz CT molecular complexity index is 1070. The highest BCUT2D eigenvalue weighted by molar-refractivity contribution is 5.84. The Morgan fingerprint density at radius 2 is 1.96 bits per heavy atom. The first-order chi connectivity index (χ1) is 13.6. The van der Waals surface area contributed by atoms with Crippen molar-refractivity contribution in [3.63, 3.8) is 0 Å². The molecule has 28 heavy (non-hydrogen) atoms. The molecular formula is C22H23N5O. The second-order valence-electron chi connectivity index (χ2n) is 6.97. The summed E-state index contributed by atoms with van der Waals surface area (Å²) in [6.45, 7) is 2.05. The van der Waals surface area contributed by atoms with Gasteiger partial charge >= 0.3 is 0 Å². The van der Waals surface area contributed by atoms with Crippen molar-refractivity contribution in [1.82, 2.24) is 24.6 Å². The van der Waals surface area contributed by atoms with Gasteiger partial charge in [0.1, 0.15) is 12.7 Å². The Morgan fingerprint density at radius 1 is 1.18 bits per heavy atom. The van der Waals surface area contributed by atoms with Crippen molar-refractivity contribution in [2.75, 3.05) is 7.05 Å². The number of rotatable bonds is 6. The summed E-state index contributed by atoms with van der Waals surface area (Å²) in [4.78, 5) is 21.8. The molecule has 4 rings (SSSR count). The van der Waals surface area contributed by atoms with E-state index in [9.17, 15) is 4.79 Å². The number of para-hydroxylation sites is 1. The summed E-state index contributed by atoms with van der Waals surface area (Å²) in [6.07, 6.45) is 6.39. The molecular weight excluding hydrogens is 350 g/mol. The molecule has 2 heterocycles. The smallest absolute Gasteiger partial charge is 0.223 e. The van der Waals surface area contributed by atoms with Crippen LogP contribution in [-0.4, -0.2) is 37.6 Å². The van der Waals surface area contributed by atoms with Gasteiger partial charge in [-0.2, -0.15) is 5.10 Å². The number of aromatic nitrogens is 4. The van der Waals surface area contributed by atoms with E-state index in [-0.39, 0.29) is 11.9 Å². The monoisotopic (exact) mass is 373 g/mol. The van der Waals surface area contributed by atoms with Gasteiger partial charge in [-0.3, -0.25) is 4.79 Å². The number of hydrogen-bond donors (Lipinski definition) is 1. The largest absolute Gasteiger partial charge is 0.361 e. The van der Waals surface area contributed by atoms with E-state index in [2.05, 4.69) is 27.2 Å². The molecule has 1 amide bonds. The van der Waals surface area contributed by atoms with Crippen LogP contribution in [0.4, 0.5) is 0 Å². The van der Waals surface area contributed by atoms with Crippen LogP contribution in [0.5, 0.6) is 0 Å². The van der Waals surface area contributed by atoms with E-state index in [1.165, 1.54) is 17.3 Å². The standard InChI is InChI=1S/C22H23N5O/c1-16(17-7-10-19(11-8-17)27-15-23-14-25-27)26(2)22(28)12-9-18-13-24-21-6-4-3-5-20(18)21/h3-8,10-11,13-16,24H,9,12H2,1-2H3/t16-/m0/s1. The van der Waals surface area contributed by atoms with Crippen molar-refractivity contribution < 1.29 is 4.79 Å². The molecule has 1 N–H and O–H groups in total. The average Bonchev–Trinajstić information content (AvgIpc) is 3.41. The number of H-pyrrole nitrogens is 1. The zero-order valence-electron chi connectivity index (χ0n) is 16.0. The van der Waals surface area contributed by atoms with Gasteiger partial charge in [0, 0.05) is 30.6 Å². The Morgan fingerprint density at radius 3 is 2.71 bits per heavy atom. The third-order valence-electron chi connectivity index (χ3n) is 5.32. The van der Waals surface area contributed by atoms with Crippen molar-refractivity contribution in [2.45, 2.75) is 25.8 Å². The first-order valence-electron chi connectivity index (χ1n) is 9.39. The maximum absolute atomic E-state index is 12.7. The minimum absolute atomic E-state index is 0.000246. The molecule has 0 aliphatic carbocycles. The van der Waals surface area contributed by atoms with Gasteiger partial charge in [-0.05, 0) is 42.7 Å². The van der Waals surface area contributed by atoms with Crippen LogP contribution in [0, 0.1) is 0 Å². The molecule has 0 aliphatic heterocycles. The molecule has 0 spiro atoms. The van der Waals surface area contributed by atoms with Gasteiger partial charge in [-0.25, -0.2) is 9.67 Å². The highest BCUT2D eigenvalue weighted by Gasteiger charge is 2.18. The number of hydrogen-bond acceptors (Lipinski definition) is 3. The quantitative estimate of drug-likeness (QED) is 0.557. The molecule has 0 fully saturated rings. The molecule has 0 bridgehead atoms. The Kier molecular flexibility index (Phi) is 4.93. The summed E-state index contributed by atoms with van der Waals surface area (Å²) < 4.78 is 1.71. The lowest BCUT2D eigenvalue weighted by Crippen LogP contribution is -2.29. The number of nitrogens with zero attached hydrogens (tertiary/aromatic N) is 4. The fourth-order valence-electron chi connectivity index (χ4n) is 3.44. The number of aryl methyl sites for hydroxylation is 1. The van der Waals surface area contributed by atoms with Crippen LogP contribution in [-0.2, 0) is 11.2 Å². The summed E-state index contributed by atoms with van der Waals surface area (Å²) >= 11 is 0. The Hall–Kier alpha value is -3.41. The molecule has 2 aromatic carbocycles. The minimum atomic E-state index is 0.000246. The third kappa shape index (κ3) is 3.53. The average molecular weight is 373 g/mol. The number of aromatic amines is 1. The molecule has 0 radical (unpaired) electrons. The SMILES string of the molecule is C[C@@H](c1ccc(-n2cncn2)cc1)N(C)C(=O)CCc1c[nH]c2ccccc12. The van der Waals surface area contributed by atoms with E-state index in [4.69, 9.17) is 0 Å². The van der Waals surface area contributed by atoms with Gasteiger partial charge in [0.25, 0.3) is 0 Å². The van der Waals surface area contributed by atoms with Gasteiger partial charge < -0.3 is 9.88 Å². The maximum atomic E-state index is 12.7. The van der Waals surface area contributed by atoms with Crippen LogP contribution in [0.15, 0.2) is 67.4 Å². The van der Waals surface area contributed by atoms with Crippen LogP contribution >= 0.6 is 0 Å². The topological polar surface area (TPSA) is 66.8 Å². The number of benzene rings is 2. The maximum Gasteiger partial charge on any atom is 0.223 e. The van der Waals surface area contributed by atoms with Crippen molar-refractivity contribution >= 4 is 16.8 Å². The van der Waals surface area contributed by atoms with Crippen LogP contribution in [0.1, 0.15) is 30.5 Å². The summed E-state index contributed by atoms with van der Waals surface area (Å²) in [5, 5.41) is 5.32. The Labute approximate surface area is 163 Å². The zero-order chi connectivity index (χ0) is 19.5. The van der Waals surface area contributed by atoms with Crippen LogP contribution in [0.2, 0.25) is 0 Å². The summed E-state index contributed by atoms with van der Waals surface area (Å²) in [6, 6.07) is 16.2. The first-order valence-corrected chi connectivity index (χ1v) is 9.39. The summed E-state index contributed by atoms with van der Waals surface area (Å²) in [7, 11) is 1.87. The van der Waals surface area contributed by atoms with Gasteiger partial charge in [0.15, 0.2) is 0 Å². The van der Waals surface area contributed by atoms with Crippen LogP contribution in [0.25, 0.3) is 16.6 Å². The van der Waals surface area contributed by atoms with Crippen molar-refractivity contribution in [1.29, 1.82) is 0 Å². The molecule has 0 saturated carbocycles. The van der Waals surface area contributed by atoms with E-state index < -0.39 is 0 Å². The van der Waals surface area contributed by atoms with Crippen LogP contribution in [0.3, 0.4) is 0 Å². The van der Waals surface area contributed by atoms with E-state index >= 15 is 0 Å². The van der Waals surface area contributed by atoms with Crippen LogP contribution < -0.4 is 0 Å². The van der Waals surface area contributed by atoms with Crippen molar-refractivity contribution in [3.05, 3.63) is 78.5 Å². The van der Waals surface area contributed by atoms with E-state index in [0.717, 1.165) is 23.2 Å². The molecule has 0 aliphatic rings. The minimum Gasteiger partial charge on any atom is -0.361 e. The number of nitrogens with one attached hydrogen (secondary N) is 1. The lowest BCUT2D eigenvalue weighted by molar-refractivity contribution is -0.131. The second kappa shape index (κ2) is 7.68. The zero-order valence-corrected chi connectivity index (χ0v) is 16.0. The summed E-state index contributed by atoms with van der Waals surface area (Å²) in [5.41, 5.74) is 4.33. The normalized spacial score (nSPS) is 12.2. The van der Waals surface area contributed by atoms with Crippen molar-refractivity contribution in [2.24, 2.45) is 0 Å². The Balaban J connectivity index is 1.40. The van der Waals surface area contributed by atoms with Crippen molar-refractivity contribution in [3.8, 4) is 5.69 Å². The number of fused-ring (bicyclic) bond motifs is 1. The molecule has 6 nitrogen and oxygen atoms in total. The number of amides is 1. The summed E-state index contributed by atoms with van der Waals surface area (Å²) in [5.74, 6) is 0.137. The second-order valence-corrected chi connectivity index (χ2v) is 6.97. The molecule has 1 atom stereocenters. The van der Waals surface area contributed by atoms with Gasteiger partial charge in [0.2, 0.25) is 5.91 Å². The molecule has 142 valence electrons. The van der Waals surface area contributed by atoms with Gasteiger partial charge in [0.05, 0.1) is 11.7 Å². The third-order valence-corrected chi connectivity index (χ3v) is 5.32. The predicted octanol–water partition coefficient (Wildman–Crippen LogP) is 3.90. The van der Waals surface area contributed by atoms with E-state index in [1.54, 1.807) is 11.0 Å². The molecule has 6 heteroatoms. The predicted molar refractivity (Wildman–Crippen MR) is 109 cm³/mol. The first kappa shape index (κ1) is 18.0. The molecule has 4 aromatic rings. The van der Waals surface area contributed by atoms with E-state index in [0.29, 0.717) is 6.42 Å². The lowest BCUT2D eigenvalue weighted by Gasteiger charge is -2.25. The fraction of sp³-hybridized carbons (Fsp3) is 0.227. The molecule has 0 saturated heterocycles. The highest BCUT2D eigenvalue weighted by atomic mass is 16.2. The van der Waals surface area contributed by atoms with Gasteiger partial charge in [-0.1, -0.05) is 30.3 Å². The number of carbonyl (C=O) groups is 1. The fourth-order valence-corrected chi connectivity index (χ4v) is 3.44. The lowest BCUT2D eigenvalue weighted by atomic mass is 10.0.